The topological polar surface area (TPSA) is 33.2 Å². The summed E-state index contributed by atoms with van der Waals surface area (Å²) in [6.45, 7) is 6.00. The molecule has 0 fully saturated rings. The van der Waals surface area contributed by atoms with E-state index in [4.69, 9.17) is 0 Å². The van der Waals surface area contributed by atoms with E-state index in [0.717, 1.165) is 17.1 Å². The highest BCUT2D eigenvalue weighted by Gasteiger charge is 2.33. The van der Waals surface area contributed by atoms with Gasteiger partial charge in [-0.3, -0.25) is 9.69 Å². The van der Waals surface area contributed by atoms with Gasteiger partial charge in [-0.25, -0.2) is 4.98 Å². The second kappa shape index (κ2) is 5.06. The number of hydrogen-bond donors (Lipinski definition) is 0. The fourth-order valence-electron chi connectivity index (χ4n) is 1.57. The van der Waals surface area contributed by atoms with E-state index in [1.807, 2.05) is 45.1 Å². The number of likely N-dealkylation sites (N-methyl/N-ethyl adjacent to an activating group) is 1. The summed E-state index contributed by atoms with van der Waals surface area (Å²) in [6, 6.07) is 0. The van der Waals surface area contributed by atoms with Crippen LogP contribution in [0.3, 0.4) is 0 Å². The van der Waals surface area contributed by atoms with Crippen molar-refractivity contribution in [2.45, 2.75) is 39.2 Å². The van der Waals surface area contributed by atoms with Crippen molar-refractivity contribution in [2.75, 3.05) is 14.1 Å². The van der Waals surface area contributed by atoms with Crippen LogP contribution in [0.2, 0.25) is 0 Å². The third kappa shape index (κ3) is 2.68. The number of carbonyl (C=O) groups excluding carboxylic acids is 1. The van der Waals surface area contributed by atoms with Crippen molar-refractivity contribution in [2.24, 2.45) is 0 Å². The molecule has 0 aromatic carbocycles. The van der Waals surface area contributed by atoms with Crippen molar-refractivity contribution < 1.29 is 4.79 Å². The Bertz CT molecular complexity index is 373. The summed E-state index contributed by atoms with van der Waals surface area (Å²) in [5.74, 6) is 0.245. The number of nitrogens with zero attached hydrogens (tertiary/aromatic N) is 2. The first kappa shape index (κ1) is 13.3. The van der Waals surface area contributed by atoms with Crippen molar-refractivity contribution in [1.82, 2.24) is 9.88 Å². The lowest BCUT2D eigenvalue weighted by Gasteiger charge is -2.33. The van der Waals surface area contributed by atoms with E-state index in [1.54, 1.807) is 11.3 Å². The molecule has 0 amide bonds. The summed E-state index contributed by atoms with van der Waals surface area (Å²) in [7, 11) is 3.91. The first-order valence-electron chi connectivity index (χ1n) is 5.52. The zero-order valence-electron chi connectivity index (χ0n) is 10.7. The number of carbonyl (C=O) groups is 1. The second-order valence-electron chi connectivity index (χ2n) is 4.50. The van der Waals surface area contributed by atoms with Gasteiger partial charge >= 0.3 is 0 Å². The zero-order valence-corrected chi connectivity index (χ0v) is 11.5. The molecule has 90 valence electrons. The van der Waals surface area contributed by atoms with Gasteiger partial charge in [0.15, 0.2) is 5.78 Å². The van der Waals surface area contributed by atoms with Crippen molar-refractivity contribution in [3.8, 4) is 0 Å². The number of aromatic nitrogens is 1. The normalized spacial score (nSPS) is 15.1. The molecule has 3 nitrogen and oxygen atoms in total. The summed E-state index contributed by atoms with van der Waals surface area (Å²) in [4.78, 5) is 18.6. The van der Waals surface area contributed by atoms with Gasteiger partial charge in [-0.2, -0.15) is 0 Å². The molecule has 0 saturated carbocycles. The first-order valence-corrected chi connectivity index (χ1v) is 6.40. The molecule has 1 aromatic heterocycles. The fourth-order valence-corrected chi connectivity index (χ4v) is 2.34. The molecule has 0 radical (unpaired) electrons. The Balaban J connectivity index is 2.78. The predicted octanol–water partition coefficient (Wildman–Crippen LogP) is 2.29. The molecular formula is C12H20N2OS. The van der Waals surface area contributed by atoms with Crippen molar-refractivity contribution in [1.29, 1.82) is 0 Å². The van der Waals surface area contributed by atoms with Crippen LogP contribution in [0.5, 0.6) is 0 Å². The monoisotopic (exact) mass is 240 g/mol. The Morgan fingerprint density at radius 3 is 2.56 bits per heavy atom. The van der Waals surface area contributed by atoms with Crippen molar-refractivity contribution in [3.63, 3.8) is 0 Å². The van der Waals surface area contributed by atoms with E-state index in [-0.39, 0.29) is 11.3 Å². The number of aryl methyl sites for hydroxylation is 1. The number of rotatable bonds is 5. The number of ketones is 1. The lowest BCUT2D eigenvalue weighted by atomic mass is 9.90. The standard InChI is InChI=1S/C12H20N2OS/c1-6-12(3,14(4)5)10(15)7-11-13-9(2)8-16-11/h8H,6-7H2,1-5H3. The average Bonchev–Trinajstić information content (AvgIpc) is 2.62. The molecule has 0 N–H and O–H groups in total. The lowest BCUT2D eigenvalue weighted by Crippen LogP contribution is -2.48. The van der Waals surface area contributed by atoms with Gasteiger partial charge in [0.25, 0.3) is 0 Å². The van der Waals surface area contributed by atoms with Crippen molar-refractivity contribution >= 4 is 17.1 Å². The third-order valence-corrected chi connectivity index (χ3v) is 4.22. The van der Waals surface area contributed by atoms with Gasteiger partial charge in [0.05, 0.1) is 12.0 Å². The minimum atomic E-state index is -0.375. The molecule has 1 unspecified atom stereocenters. The Morgan fingerprint density at radius 1 is 1.56 bits per heavy atom. The average molecular weight is 240 g/mol. The lowest BCUT2D eigenvalue weighted by molar-refractivity contribution is -0.128. The van der Waals surface area contributed by atoms with Crippen LogP contribution >= 0.6 is 11.3 Å². The summed E-state index contributed by atoms with van der Waals surface area (Å²) in [5, 5.41) is 2.91. The summed E-state index contributed by atoms with van der Waals surface area (Å²) in [6.07, 6.45) is 1.27. The highest BCUT2D eigenvalue weighted by molar-refractivity contribution is 7.09. The highest BCUT2D eigenvalue weighted by atomic mass is 32.1. The van der Waals surface area contributed by atoms with Crippen LogP contribution in [-0.4, -0.2) is 35.3 Å². The fraction of sp³-hybridized carbons (Fsp3) is 0.667. The molecule has 0 saturated heterocycles. The summed E-state index contributed by atoms with van der Waals surface area (Å²) in [5.41, 5.74) is 0.621. The Morgan fingerprint density at radius 2 is 2.19 bits per heavy atom. The van der Waals surface area contributed by atoms with Crippen LogP contribution in [0.15, 0.2) is 5.38 Å². The predicted molar refractivity (Wildman–Crippen MR) is 67.9 cm³/mol. The molecule has 1 heterocycles. The van der Waals surface area contributed by atoms with Gasteiger partial charge in [0.2, 0.25) is 0 Å². The van der Waals surface area contributed by atoms with Crippen molar-refractivity contribution in [3.05, 3.63) is 16.1 Å². The number of hydrogen-bond acceptors (Lipinski definition) is 4. The number of thiazole rings is 1. The van der Waals surface area contributed by atoms with Crippen LogP contribution in [0.1, 0.15) is 31.0 Å². The van der Waals surface area contributed by atoms with E-state index in [0.29, 0.717) is 6.42 Å². The molecule has 1 atom stereocenters. The van der Waals surface area contributed by atoms with Gasteiger partial charge in [-0.1, -0.05) is 6.92 Å². The van der Waals surface area contributed by atoms with E-state index in [2.05, 4.69) is 4.98 Å². The summed E-state index contributed by atoms with van der Waals surface area (Å²) >= 11 is 1.57. The van der Waals surface area contributed by atoms with Gasteiger partial charge in [-0.05, 0) is 34.4 Å². The van der Waals surface area contributed by atoms with Gasteiger partial charge in [0, 0.05) is 11.1 Å². The Kier molecular flexibility index (Phi) is 4.21. The highest BCUT2D eigenvalue weighted by Crippen LogP contribution is 2.21. The molecular weight excluding hydrogens is 220 g/mol. The molecule has 0 aliphatic heterocycles. The molecule has 1 rings (SSSR count). The van der Waals surface area contributed by atoms with Gasteiger partial charge < -0.3 is 0 Å². The van der Waals surface area contributed by atoms with Crippen LogP contribution in [0.25, 0.3) is 0 Å². The molecule has 0 aliphatic rings. The van der Waals surface area contributed by atoms with Crippen LogP contribution in [0, 0.1) is 6.92 Å². The maximum Gasteiger partial charge on any atom is 0.159 e. The van der Waals surface area contributed by atoms with E-state index in [9.17, 15) is 4.79 Å². The maximum atomic E-state index is 12.2. The molecule has 0 aliphatic carbocycles. The quantitative estimate of drug-likeness (QED) is 0.791. The maximum absolute atomic E-state index is 12.2. The molecule has 4 heteroatoms. The third-order valence-electron chi connectivity index (χ3n) is 3.25. The Labute approximate surface area is 101 Å². The molecule has 1 aromatic rings. The SMILES string of the molecule is CCC(C)(C(=O)Cc1nc(C)cs1)N(C)C. The van der Waals surface area contributed by atoms with Crippen LogP contribution in [0.4, 0.5) is 0 Å². The van der Waals surface area contributed by atoms with E-state index in [1.165, 1.54) is 0 Å². The minimum Gasteiger partial charge on any atom is -0.297 e. The second-order valence-corrected chi connectivity index (χ2v) is 5.45. The van der Waals surface area contributed by atoms with Crippen LogP contribution < -0.4 is 0 Å². The van der Waals surface area contributed by atoms with Gasteiger partial charge in [0.1, 0.15) is 5.01 Å². The largest absolute Gasteiger partial charge is 0.297 e. The van der Waals surface area contributed by atoms with Crippen LogP contribution in [-0.2, 0) is 11.2 Å². The Hall–Kier alpha value is -0.740. The first-order chi connectivity index (χ1) is 7.40. The smallest absolute Gasteiger partial charge is 0.159 e. The number of Topliss-reactive ketones (excluding diaryl/α,β-unsaturated/α-hetero) is 1. The van der Waals surface area contributed by atoms with Gasteiger partial charge in [-0.15, -0.1) is 11.3 Å². The van der Waals surface area contributed by atoms with E-state index >= 15 is 0 Å². The summed E-state index contributed by atoms with van der Waals surface area (Å²) < 4.78 is 0. The molecule has 16 heavy (non-hydrogen) atoms. The minimum absolute atomic E-state index is 0.245. The molecule has 0 spiro atoms. The molecule has 0 bridgehead atoms. The van der Waals surface area contributed by atoms with E-state index < -0.39 is 0 Å². The zero-order chi connectivity index (χ0) is 12.3.